The molecule has 0 radical (unpaired) electrons. The molecule has 4 heteroatoms. The first-order chi connectivity index (χ1) is 8.74. The molecule has 0 aromatic carbocycles. The van der Waals surface area contributed by atoms with E-state index in [1.807, 2.05) is 4.90 Å². The van der Waals surface area contributed by atoms with E-state index >= 15 is 0 Å². The number of thiocarbonyl (C=S) groups is 1. The Morgan fingerprint density at radius 2 is 2.11 bits per heavy atom. The van der Waals surface area contributed by atoms with Crippen LogP contribution in [0.1, 0.15) is 53.4 Å². The van der Waals surface area contributed by atoms with Gasteiger partial charge in [-0.15, -0.1) is 0 Å². The van der Waals surface area contributed by atoms with Crippen LogP contribution in [0.15, 0.2) is 0 Å². The summed E-state index contributed by atoms with van der Waals surface area (Å²) in [5.41, 5.74) is 5.57. The topological polar surface area (TPSA) is 46.3 Å². The smallest absolute Gasteiger partial charge is 0.222 e. The molecule has 1 fully saturated rings. The highest BCUT2D eigenvalue weighted by molar-refractivity contribution is 7.80. The molecule has 0 aromatic rings. The Morgan fingerprint density at radius 3 is 2.63 bits per heavy atom. The van der Waals surface area contributed by atoms with Crippen molar-refractivity contribution in [3.63, 3.8) is 0 Å². The number of hydrogen-bond donors (Lipinski definition) is 1. The van der Waals surface area contributed by atoms with Gasteiger partial charge in [0.05, 0.1) is 4.99 Å². The Hall–Kier alpha value is -0.640. The third-order valence-corrected chi connectivity index (χ3v) is 5.02. The van der Waals surface area contributed by atoms with Crippen LogP contribution in [0.2, 0.25) is 0 Å². The first-order valence-corrected chi connectivity index (χ1v) is 7.72. The molecule has 0 aliphatic carbocycles. The number of amides is 1. The molecule has 0 spiro atoms. The van der Waals surface area contributed by atoms with Crippen molar-refractivity contribution in [2.24, 2.45) is 23.0 Å². The molecule has 110 valence electrons. The van der Waals surface area contributed by atoms with E-state index in [1.54, 1.807) is 0 Å². The van der Waals surface area contributed by atoms with E-state index in [4.69, 9.17) is 18.0 Å². The Bertz CT molecular complexity index is 339. The summed E-state index contributed by atoms with van der Waals surface area (Å²) >= 11 is 5.08. The Balaban J connectivity index is 2.54. The maximum atomic E-state index is 12.1. The van der Waals surface area contributed by atoms with Crippen molar-refractivity contribution >= 4 is 23.1 Å². The maximum Gasteiger partial charge on any atom is 0.222 e. The van der Waals surface area contributed by atoms with Crippen LogP contribution in [0.3, 0.4) is 0 Å². The molecule has 1 heterocycles. The highest BCUT2D eigenvalue weighted by Crippen LogP contribution is 2.27. The second-order valence-corrected chi connectivity index (χ2v) is 7.15. The zero-order valence-electron chi connectivity index (χ0n) is 12.7. The van der Waals surface area contributed by atoms with Crippen LogP contribution >= 0.6 is 12.2 Å². The van der Waals surface area contributed by atoms with E-state index in [0.717, 1.165) is 32.4 Å². The lowest BCUT2D eigenvalue weighted by Gasteiger charge is -2.28. The van der Waals surface area contributed by atoms with Gasteiger partial charge < -0.3 is 10.6 Å². The fourth-order valence-corrected chi connectivity index (χ4v) is 2.60. The number of nitrogens with zero attached hydrogens (tertiary/aromatic N) is 1. The molecule has 0 bridgehead atoms. The molecule has 1 aliphatic rings. The van der Waals surface area contributed by atoms with Gasteiger partial charge in [0.1, 0.15) is 0 Å². The Kier molecular flexibility index (Phi) is 5.78. The van der Waals surface area contributed by atoms with E-state index in [2.05, 4.69) is 27.7 Å². The maximum absolute atomic E-state index is 12.1. The molecule has 1 aliphatic heterocycles. The van der Waals surface area contributed by atoms with Gasteiger partial charge in [-0.2, -0.15) is 0 Å². The van der Waals surface area contributed by atoms with Gasteiger partial charge in [-0.05, 0) is 31.1 Å². The third kappa shape index (κ3) is 4.75. The summed E-state index contributed by atoms with van der Waals surface area (Å²) in [7, 11) is 0. The fourth-order valence-electron chi connectivity index (χ4n) is 2.50. The van der Waals surface area contributed by atoms with Crippen LogP contribution in [0.25, 0.3) is 0 Å². The zero-order valence-corrected chi connectivity index (χ0v) is 13.6. The van der Waals surface area contributed by atoms with E-state index in [-0.39, 0.29) is 5.41 Å². The van der Waals surface area contributed by atoms with Crippen molar-refractivity contribution in [1.29, 1.82) is 0 Å². The highest BCUT2D eigenvalue weighted by atomic mass is 32.1. The van der Waals surface area contributed by atoms with Crippen molar-refractivity contribution in [2.45, 2.75) is 53.4 Å². The lowest BCUT2D eigenvalue weighted by molar-refractivity contribution is -0.130. The van der Waals surface area contributed by atoms with E-state index in [0.29, 0.717) is 29.2 Å². The van der Waals surface area contributed by atoms with Crippen molar-refractivity contribution in [3.8, 4) is 0 Å². The van der Waals surface area contributed by atoms with Gasteiger partial charge in [0.15, 0.2) is 0 Å². The molecule has 1 amide bonds. The molecule has 3 nitrogen and oxygen atoms in total. The third-order valence-electron chi connectivity index (χ3n) is 4.47. The molecule has 19 heavy (non-hydrogen) atoms. The molecule has 2 N–H and O–H groups in total. The summed E-state index contributed by atoms with van der Waals surface area (Å²) in [5, 5.41) is 0. The molecule has 1 rings (SSSR count). The monoisotopic (exact) mass is 284 g/mol. The molecular weight excluding hydrogens is 256 g/mol. The normalized spacial score (nSPS) is 21.6. The SMILES string of the molecule is CC(C)C1CCC(=O)N(CCC(C)(C)C(N)=S)CC1. The van der Waals surface area contributed by atoms with Gasteiger partial charge in [0.2, 0.25) is 5.91 Å². The van der Waals surface area contributed by atoms with Crippen LogP contribution in [0.4, 0.5) is 0 Å². The summed E-state index contributed by atoms with van der Waals surface area (Å²) in [6.45, 7) is 10.3. The lowest BCUT2D eigenvalue weighted by Crippen LogP contribution is -2.37. The van der Waals surface area contributed by atoms with Crippen molar-refractivity contribution in [2.75, 3.05) is 13.1 Å². The largest absolute Gasteiger partial charge is 0.393 e. The molecular formula is C15H28N2OS. The lowest BCUT2D eigenvalue weighted by atomic mass is 9.89. The second-order valence-electron chi connectivity index (χ2n) is 6.71. The standard InChI is InChI=1S/C15H28N2OS/c1-11(2)12-5-6-13(18)17(9-7-12)10-8-15(3,4)14(16)19/h11-12H,5-10H2,1-4H3,(H2,16,19). The number of nitrogens with two attached hydrogens (primary N) is 1. The molecule has 0 saturated carbocycles. The average molecular weight is 284 g/mol. The molecule has 1 unspecified atom stereocenters. The minimum Gasteiger partial charge on any atom is -0.393 e. The minimum absolute atomic E-state index is 0.167. The van der Waals surface area contributed by atoms with Crippen molar-refractivity contribution < 1.29 is 4.79 Å². The molecule has 1 atom stereocenters. The number of likely N-dealkylation sites (tertiary alicyclic amines) is 1. The van der Waals surface area contributed by atoms with Gasteiger partial charge in [0, 0.05) is 24.9 Å². The van der Waals surface area contributed by atoms with Crippen LogP contribution in [-0.4, -0.2) is 28.9 Å². The van der Waals surface area contributed by atoms with Gasteiger partial charge in [-0.3, -0.25) is 4.79 Å². The predicted octanol–water partition coefficient (Wildman–Crippen LogP) is 2.97. The fraction of sp³-hybridized carbons (Fsp3) is 0.867. The minimum atomic E-state index is -0.167. The number of carbonyl (C=O) groups is 1. The number of rotatable bonds is 5. The summed E-state index contributed by atoms with van der Waals surface area (Å²) in [5.74, 6) is 1.64. The van der Waals surface area contributed by atoms with Crippen LogP contribution in [-0.2, 0) is 4.79 Å². The Morgan fingerprint density at radius 1 is 1.47 bits per heavy atom. The van der Waals surface area contributed by atoms with Crippen LogP contribution in [0, 0.1) is 17.3 Å². The van der Waals surface area contributed by atoms with Crippen LogP contribution in [0.5, 0.6) is 0 Å². The van der Waals surface area contributed by atoms with Crippen molar-refractivity contribution in [3.05, 3.63) is 0 Å². The summed E-state index contributed by atoms with van der Waals surface area (Å²) in [4.78, 5) is 14.7. The van der Waals surface area contributed by atoms with E-state index in [1.165, 1.54) is 0 Å². The van der Waals surface area contributed by atoms with Gasteiger partial charge >= 0.3 is 0 Å². The first-order valence-electron chi connectivity index (χ1n) is 7.31. The molecule has 0 aromatic heterocycles. The van der Waals surface area contributed by atoms with Crippen LogP contribution < -0.4 is 5.73 Å². The Labute approximate surface area is 122 Å². The predicted molar refractivity (Wildman–Crippen MR) is 83.9 cm³/mol. The first kappa shape index (κ1) is 16.4. The zero-order chi connectivity index (χ0) is 14.6. The summed E-state index contributed by atoms with van der Waals surface area (Å²) in [6, 6.07) is 0. The van der Waals surface area contributed by atoms with E-state index in [9.17, 15) is 4.79 Å². The van der Waals surface area contributed by atoms with E-state index < -0.39 is 0 Å². The van der Waals surface area contributed by atoms with Gasteiger partial charge in [-0.1, -0.05) is 39.9 Å². The summed E-state index contributed by atoms with van der Waals surface area (Å²) in [6.07, 6.45) is 3.69. The number of carbonyl (C=O) groups excluding carboxylic acids is 1. The van der Waals surface area contributed by atoms with Gasteiger partial charge in [-0.25, -0.2) is 0 Å². The molecule has 1 saturated heterocycles. The van der Waals surface area contributed by atoms with Crippen molar-refractivity contribution in [1.82, 2.24) is 4.90 Å². The average Bonchev–Trinajstić information content (AvgIpc) is 2.49. The number of hydrogen-bond acceptors (Lipinski definition) is 2. The van der Waals surface area contributed by atoms with Gasteiger partial charge in [0.25, 0.3) is 0 Å². The second kappa shape index (κ2) is 6.69. The highest BCUT2D eigenvalue weighted by Gasteiger charge is 2.27. The quantitative estimate of drug-likeness (QED) is 0.790. The summed E-state index contributed by atoms with van der Waals surface area (Å²) < 4.78 is 0.